The molecule has 2 N–H and O–H groups in total. The maximum absolute atomic E-state index is 13.0. The Bertz CT molecular complexity index is 1290. The third-order valence-electron chi connectivity index (χ3n) is 5.02. The highest BCUT2D eigenvalue weighted by Crippen LogP contribution is 2.48. The van der Waals surface area contributed by atoms with Gasteiger partial charge in [0.1, 0.15) is 23.0 Å². The number of methoxy groups -OCH3 is 3. The van der Waals surface area contributed by atoms with Crippen LogP contribution in [-0.2, 0) is 0 Å². The molecule has 0 fully saturated rings. The number of para-hydroxylation sites is 1. The summed E-state index contributed by atoms with van der Waals surface area (Å²) in [5.74, 6) is 0.504. The Hall–Kier alpha value is -4.12. The van der Waals surface area contributed by atoms with Crippen molar-refractivity contribution in [3.8, 4) is 29.1 Å². The number of fused-ring (bicyclic) bond motifs is 3. The highest BCUT2D eigenvalue weighted by atomic mass is 16.5. The van der Waals surface area contributed by atoms with Crippen LogP contribution in [0.2, 0.25) is 0 Å². The van der Waals surface area contributed by atoms with Crippen molar-refractivity contribution in [3.63, 3.8) is 0 Å². The minimum Gasteiger partial charge on any atom is -0.496 e. The molecule has 1 aromatic heterocycles. The second-order valence-electron chi connectivity index (χ2n) is 6.50. The summed E-state index contributed by atoms with van der Waals surface area (Å²) >= 11 is 0. The molecule has 0 amide bonds. The van der Waals surface area contributed by atoms with Crippen molar-refractivity contribution >= 4 is 11.0 Å². The molecule has 0 aliphatic carbocycles. The van der Waals surface area contributed by atoms with Crippen LogP contribution in [0.1, 0.15) is 17.0 Å². The molecule has 0 unspecified atom stereocenters. The maximum Gasteiger partial charge on any atom is 0.344 e. The molecule has 0 radical (unpaired) electrons. The van der Waals surface area contributed by atoms with Gasteiger partial charge >= 0.3 is 5.63 Å². The summed E-state index contributed by atoms with van der Waals surface area (Å²) in [4.78, 5) is 13.0. The maximum atomic E-state index is 13.0. The fourth-order valence-corrected chi connectivity index (χ4v) is 3.66. The molecule has 1 atom stereocenters. The molecule has 0 spiro atoms. The first-order valence-electron chi connectivity index (χ1n) is 8.97. The van der Waals surface area contributed by atoms with Crippen molar-refractivity contribution in [2.75, 3.05) is 21.3 Å². The summed E-state index contributed by atoms with van der Waals surface area (Å²) in [7, 11) is 4.47. The third kappa shape index (κ3) is 2.79. The van der Waals surface area contributed by atoms with Gasteiger partial charge in [0, 0.05) is 11.6 Å². The predicted octanol–water partition coefficient (Wildman–Crippen LogP) is 3.04. The van der Waals surface area contributed by atoms with E-state index in [4.69, 9.17) is 29.1 Å². The fourth-order valence-electron chi connectivity index (χ4n) is 3.66. The lowest BCUT2D eigenvalue weighted by molar-refractivity contribution is 0.346. The van der Waals surface area contributed by atoms with Crippen LogP contribution in [0, 0.1) is 11.3 Å². The van der Waals surface area contributed by atoms with Gasteiger partial charge in [0.15, 0.2) is 17.2 Å². The molecule has 3 aromatic rings. The molecular weight excluding hydrogens is 388 g/mol. The van der Waals surface area contributed by atoms with Crippen molar-refractivity contribution < 1.29 is 23.4 Å². The Morgan fingerprint density at radius 1 is 1.03 bits per heavy atom. The van der Waals surface area contributed by atoms with Crippen molar-refractivity contribution in [2.45, 2.75) is 5.92 Å². The Morgan fingerprint density at radius 2 is 1.70 bits per heavy atom. The smallest absolute Gasteiger partial charge is 0.344 e. The van der Waals surface area contributed by atoms with Crippen LogP contribution in [0.25, 0.3) is 11.0 Å². The van der Waals surface area contributed by atoms with E-state index in [2.05, 4.69) is 6.07 Å². The number of ether oxygens (including phenoxy) is 4. The normalized spacial score (nSPS) is 15.2. The van der Waals surface area contributed by atoms with E-state index in [1.54, 1.807) is 36.4 Å². The third-order valence-corrected chi connectivity index (χ3v) is 5.02. The minimum absolute atomic E-state index is 0.0654. The number of nitrogens with zero attached hydrogens (tertiary/aromatic N) is 1. The van der Waals surface area contributed by atoms with Crippen LogP contribution >= 0.6 is 0 Å². The van der Waals surface area contributed by atoms with E-state index in [0.717, 1.165) is 0 Å². The molecule has 30 heavy (non-hydrogen) atoms. The number of allylic oxidation sites excluding steroid dienone is 1. The van der Waals surface area contributed by atoms with Crippen LogP contribution in [0.3, 0.4) is 0 Å². The zero-order valence-corrected chi connectivity index (χ0v) is 16.5. The van der Waals surface area contributed by atoms with Crippen LogP contribution in [0.4, 0.5) is 0 Å². The Kier molecular flexibility index (Phi) is 4.72. The van der Waals surface area contributed by atoms with E-state index >= 15 is 0 Å². The molecule has 0 saturated heterocycles. The van der Waals surface area contributed by atoms with Crippen LogP contribution < -0.4 is 30.3 Å². The van der Waals surface area contributed by atoms with E-state index in [1.165, 1.54) is 21.3 Å². The van der Waals surface area contributed by atoms with E-state index in [-0.39, 0.29) is 22.8 Å². The summed E-state index contributed by atoms with van der Waals surface area (Å²) in [5.41, 5.74) is 6.53. The average Bonchev–Trinajstić information content (AvgIpc) is 2.77. The van der Waals surface area contributed by atoms with Crippen LogP contribution in [0.15, 0.2) is 57.1 Å². The van der Waals surface area contributed by atoms with Crippen molar-refractivity contribution in [2.24, 2.45) is 5.73 Å². The second kappa shape index (κ2) is 7.37. The van der Waals surface area contributed by atoms with Gasteiger partial charge in [0.25, 0.3) is 0 Å². The van der Waals surface area contributed by atoms with Crippen molar-refractivity contribution in [1.82, 2.24) is 0 Å². The Labute approximate surface area is 171 Å². The molecule has 0 bridgehead atoms. The minimum atomic E-state index is -0.880. The van der Waals surface area contributed by atoms with Crippen LogP contribution in [0.5, 0.6) is 23.0 Å². The molecule has 8 heteroatoms. The fraction of sp³-hybridized carbons (Fsp3) is 0.182. The first-order chi connectivity index (χ1) is 14.5. The zero-order chi connectivity index (χ0) is 21.4. The number of nitrogens with two attached hydrogens (primary N) is 1. The van der Waals surface area contributed by atoms with E-state index < -0.39 is 11.5 Å². The number of rotatable bonds is 4. The first kappa shape index (κ1) is 19.2. The Balaban J connectivity index is 2.10. The quantitative estimate of drug-likeness (QED) is 0.657. The summed E-state index contributed by atoms with van der Waals surface area (Å²) in [6, 6.07) is 12.3. The number of benzene rings is 2. The van der Waals surface area contributed by atoms with Gasteiger partial charge in [0.05, 0.1) is 38.2 Å². The zero-order valence-electron chi connectivity index (χ0n) is 16.5. The van der Waals surface area contributed by atoms with Gasteiger partial charge in [-0.1, -0.05) is 12.1 Å². The lowest BCUT2D eigenvalue weighted by Gasteiger charge is -2.27. The van der Waals surface area contributed by atoms with E-state index in [9.17, 15) is 10.1 Å². The number of hydrogen-bond donors (Lipinski definition) is 1. The monoisotopic (exact) mass is 406 g/mol. The molecule has 152 valence electrons. The summed E-state index contributed by atoms with van der Waals surface area (Å²) in [5, 5.41) is 10.4. The first-order valence-corrected chi connectivity index (χ1v) is 8.97. The topological polar surface area (TPSA) is 117 Å². The summed E-state index contributed by atoms with van der Waals surface area (Å²) in [6.45, 7) is 0. The SMILES string of the molecule is COc1cc(OC)c([C@H]2C(C#N)=C(N)Oc3c2c(=O)oc2ccccc32)cc1OC. The number of hydrogen-bond acceptors (Lipinski definition) is 8. The van der Waals surface area contributed by atoms with E-state index in [1.807, 2.05) is 0 Å². The lowest BCUT2D eigenvalue weighted by Crippen LogP contribution is -2.26. The highest BCUT2D eigenvalue weighted by Gasteiger charge is 2.37. The van der Waals surface area contributed by atoms with Crippen molar-refractivity contribution in [3.05, 3.63) is 69.4 Å². The highest BCUT2D eigenvalue weighted by molar-refractivity contribution is 5.86. The van der Waals surface area contributed by atoms with Gasteiger partial charge in [-0.2, -0.15) is 5.26 Å². The predicted molar refractivity (Wildman–Crippen MR) is 108 cm³/mol. The Morgan fingerprint density at radius 3 is 2.37 bits per heavy atom. The van der Waals surface area contributed by atoms with Gasteiger partial charge in [-0.05, 0) is 18.2 Å². The van der Waals surface area contributed by atoms with Gasteiger partial charge in [-0.15, -0.1) is 0 Å². The molecule has 1 aliphatic rings. The summed E-state index contributed by atoms with van der Waals surface area (Å²) in [6.07, 6.45) is 0. The second-order valence-corrected chi connectivity index (χ2v) is 6.50. The van der Waals surface area contributed by atoms with Gasteiger partial charge in [0.2, 0.25) is 5.88 Å². The van der Waals surface area contributed by atoms with Gasteiger partial charge in [-0.25, -0.2) is 4.79 Å². The standard InChI is InChI=1S/C22H18N2O6/c1-26-15-9-17(28-3)16(27-2)8-12(15)18-13(10-23)21(24)30-20-11-6-4-5-7-14(11)29-22(25)19(18)20/h4-9,18H,24H2,1-3H3/t18-/m0/s1. The molecule has 8 nitrogen and oxygen atoms in total. The number of nitriles is 1. The van der Waals surface area contributed by atoms with Gasteiger partial charge < -0.3 is 29.1 Å². The van der Waals surface area contributed by atoms with Crippen LogP contribution in [-0.4, -0.2) is 21.3 Å². The molecule has 0 saturated carbocycles. The summed E-state index contributed by atoms with van der Waals surface area (Å²) < 4.78 is 27.5. The molecule has 2 heterocycles. The van der Waals surface area contributed by atoms with Crippen molar-refractivity contribution in [1.29, 1.82) is 5.26 Å². The molecular formula is C22H18N2O6. The average molecular weight is 406 g/mol. The lowest BCUT2D eigenvalue weighted by atomic mass is 9.83. The van der Waals surface area contributed by atoms with E-state index in [0.29, 0.717) is 33.8 Å². The molecule has 4 rings (SSSR count). The largest absolute Gasteiger partial charge is 0.496 e. The molecule has 1 aliphatic heterocycles. The molecule has 2 aromatic carbocycles. The van der Waals surface area contributed by atoms with Gasteiger partial charge in [-0.3, -0.25) is 0 Å².